The van der Waals surface area contributed by atoms with Crippen molar-refractivity contribution < 1.29 is 18.0 Å². The number of carbonyl (C=O) groups is 2. The van der Waals surface area contributed by atoms with E-state index in [9.17, 15) is 18.0 Å². The summed E-state index contributed by atoms with van der Waals surface area (Å²) >= 11 is 0. The smallest absolute Gasteiger partial charge is 0.236 e. The summed E-state index contributed by atoms with van der Waals surface area (Å²) in [5, 5.41) is 0. The molecule has 2 amide bonds. The molecule has 0 aromatic heterocycles. The van der Waals surface area contributed by atoms with Gasteiger partial charge in [-0.2, -0.15) is 0 Å². The molecule has 8 heteroatoms. The van der Waals surface area contributed by atoms with Gasteiger partial charge in [-0.1, -0.05) is 0 Å². The van der Waals surface area contributed by atoms with Gasteiger partial charge in [-0.25, -0.2) is 8.42 Å². The van der Waals surface area contributed by atoms with Crippen LogP contribution in [0.5, 0.6) is 0 Å². The van der Waals surface area contributed by atoms with Gasteiger partial charge in [0.05, 0.1) is 23.5 Å². The summed E-state index contributed by atoms with van der Waals surface area (Å²) in [4.78, 5) is 30.3. The fourth-order valence-corrected chi connectivity index (χ4v) is 5.12. The first-order chi connectivity index (χ1) is 10.8. The number of amides is 2. The molecular formula is C15H25N3O4S. The summed E-state index contributed by atoms with van der Waals surface area (Å²) in [6.45, 7) is 3.24. The third-order valence-electron chi connectivity index (χ3n) is 5.60. The number of nitrogens with zero attached hydrogens (tertiary/aromatic N) is 3. The van der Waals surface area contributed by atoms with Crippen LogP contribution in [-0.4, -0.2) is 92.8 Å². The van der Waals surface area contributed by atoms with Gasteiger partial charge in [-0.15, -0.1) is 0 Å². The maximum absolute atomic E-state index is 12.4. The Bertz CT molecular complexity index is 582. The molecule has 3 rings (SSSR count). The second-order valence-electron chi connectivity index (χ2n) is 7.07. The van der Waals surface area contributed by atoms with E-state index >= 15 is 0 Å². The van der Waals surface area contributed by atoms with E-state index in [4.69, 9.17) is 0 Å². The van der Waals surface area contributed by atoms with Crippen molar-refractivity contribution in [2.24, 2.45) is 5.41 Å². The van der Waals surface area contributed by atoms with E-state index in [1.807, 2.05) is 16.8 Å². The number of hydrogen-bond donors (Lipinski definition) is 0. The number of sulfone groups is 1. The van der Waals surface area contributed by atoms with Crippen molar-refractivity contribution in [3.8, 4) is 0 Å². The zero-order valence-corrected chi connectivity index (χ0v) is 14.5. The fourth-order valence-electron chi connectivity index (χ4n) is 3.84. The summed E-state index contributed by atoms with van der Waals surface area (Å²) < 4.78 is 22.9. The van der Waals surface area contributed by atoms with Crippen LogP contribution in [0.4, 0.5) is 0 Å². The average Bonchev–Trinajstić information content (AvgIpc) is 2.79. The predicted octanol–water partition coefficient (Wildman–Crippen LogP) is -0.812. The van der Waals surface area contributed by atoms with E-state index in [0.29, 0.717) is 26.2 Å². The lowest BCUT2D eigenvalue weighted by atomic mass is 9.77. The molecule has 3 aliphatic heterocycles. The Morgan fingerprint density at radius 2 is 1.61 bits per heavy atom. The zero-order valence-electron chi connectivity index (χ0n) is 13.7. The van der Waals surface area contributed by atoms with E-state index < -0.39 is 9.84 Å². The van der Waals surface area contributed by atoms with Crippen molar-refractivity contribution in [2.45, 2.75) is 19.3 Å². The van der Waals surface area contributed by atoms with Crippen molar-refractivity contribution in [2.75, 3.05) is 57.8 Å². The molecule has 0 saturated carbocycles. The minimum atomic E-state index is -2.91. The Balaban J connectivity index is 1.50. The largest absolute Gasteiger partial charge is 0.345 e. The average molecular weight is 343 g/mol. The standard InChI is InChI=1S/C15H25N3O4S/c1-16-5-2-15(14(16)20)3-6-18(7-4-15)13(19)12-17-8-10-23(21,22)11-9-17/h2-12H2,1H3. The van der Waals surface area contributed by atoms with Crippen molar-refractivity contribution in [1.82, 2.24) is 14.7 Å². The van der Waals surface area contributed by atoms with E-state index in [-0.39, 0.29) is 35.3 Å². The summed E-state index contributed by atoms with van der Waals surface area (Å²) in [6.07, 6.45) is 2.39. The van der Waals surface area contributed by atoms with Gasteiger partial charge in [0.1, 0.15) is 0 Å². The molecule has 3 fully saturated rings. The SMILES string of the molecule is CN1CCC2(CCN(C(=O)CN3CCS(=O)(=O)CC3)CC2)C1=O. The van der Waals surface area contributed by atoms with Crippen molar-refractivity contribution in [3.63, 3.8) is 0 Å². The number of rotatable bonds is 2. The van der Waals surface area contributed by atoms with Crippen LogP contribution in [-0.2, 0) is 19.4 Å². The molecule has 3 aliphatic rings. The van der Waals surface area contributed by atoms with Gasteiger partial charge < -0.3 is 9.80 Å². The van der Waals surface area contributed by atoms with Gasteiger partial charge in [0.25, 0.3) is 0 Å². The molecular weight excluding hydrogens is 318 g/mol. The summed E-state index contributed by atoms with van der Waals surface area (Å²) in [5.41, 5.74) is -0.245. The van der Waals surface area contributed by atoms with E-state index in [2.05, 4.69) is 0 Å². The first-order valence-electron chi connectivity index (χ1n) is 8.27. The summed E-state index contributed by atoms with van der Waals surface area (Å²) in [7, 11) is -1.07. The third-order valence-corrected chi connectivity index (χ3v) is 7.20. The molecule has 0 radical (unpaired) electrons. The number of likely N-dealkylation sites (tertiary alicyclic amines) is 2. The van der Waals surface area contributed by atoms with Gasteiger partial charge in [0.2, 0.25) is 11.8 Å². The van der Waals surface area contributed by atoms with Crippen LogP contribution in [0, 0.1) is 5.41 Å². The number of hydrogen-bond acceptors (Lipinski definition) is 5. The van der Waals surface area contributed by atoms with Gasteiger partial charge >= 0.3 is 0 Å². The molecule has 0 unspecified atom stereocenters. The third kappa shape index (κ3) is 3.38. The van der Waals surface area contributed by atoms with Crippen LogP contribution < -0.4 is 0 Å². The predicted molar refractivity (Wildman–Crippen MR) is 85.6 cm³/mol. The summed E-state index contributed by atoms with van der Waals surface area (Å²) in [5.74, 6) is 0.567. The Kier molecular flexibility index (Phi) is 4.39. The topological polar surface area (TPSA) is 78.0 Å². The van der Waals surface area contributed by atoms with E-state index in [1.54, 1.807) is 4.90 Å². The fraction of sp³-hybridized carbons (Fsp3) is 0.867. The first-order valence-corrected chi connectivity index (χ1v) is 10.1. The van der Waals surface area contributed by atoms with Crippen LogP contribution >= 0.6 is 0 Å². The molecule has 1 spiro atoms. The Morgan fingerprint density at radius 3 is 2.13 bits per heavy atom. The van der Waals surface area contributed by atoms with E-state index in [1.165, 1.54) is 0 Å². The Labute approximate surface area is 137 Å². The molecule has 0 aliphatic carbocycles. The Hall–Kier alpha value is -1.15. The van der Waals surface area contributed by atoms with Crippen LogP contribution in [0.2, 0.25) is 0 Å². The van der Waals surface area contributed by atoms with Gasteiger partial charge in [-0.05, 0) is 19.3 Å². The lowest BCUT2D eigenvalue weighted by Crippen LogP contribution is -2.50. The number of piperidine rings is 1. The molecule has 0 bridgehead atoms. The molecule has 0 N–H and O–H groups in total. The van der Waals surface area contributed by atoms with Crippen molar-refractivity contribution in [1.29, 1.82) is 0 Å². The highest BCUT2D eigenvalue weighted by atomic mass is 32.2. The minimum absolute atomic E-state index is 0.0537. The molecule has 3 heterocycles. The lowest BCUT2D eigenvalue weighted by molar-refractivity contribution is -0.142. The van der Waals surface area contributed by atoms with Crippen LogP contribution in [0.25, 0.3) is 0 Å². The maximum Gasteiger partial charge on any atom is 0.236 e. The first kappa shape index (κ1) is 16.7. The van der Waals surface area contributed by atoms with Gasteiger partial charge in [0.15, 0.2) is 9.84 Å². The molecule has 3 saturated heterocycles. The summed E-state index contributed by atoms with van der Waals surface area (Å²) in [6, 6.07) is 0. The van der Waals surface area contributed by atoms with Crippen molar-refractivity contribution in [3.05, 3.63) is 0 Å². The van der Waals surface area contributed by atoms with Gasteiger partial charge in [-0.3, -0.25) is 14.5 Å². The second kappa shape index (κ2) is 6.05. The highest BCUT2D eigenvalue weighted by Gasteiger charge is 2.47. The Morgan fingerprint density at radius 1 is 1.04 bits per heavy atom. The lowest BCUT2D eigenvalue weighted by Gasteiger charge is -2.38. The zero-order chi connectivity index (χ0) is 16.7. The minimum Gasteiger partial charge on any atom is -0.345 e. The van der Waals surface area contributed by atoms with Crippen LogP contribution in [0.1, 0.15) is 19.3 Å². The maximum atomic E-state index is 12.4. The highest BCUT2D eigenvalue weighted by molar-refractivity contribution is 7.91. The van der Waals surface area contributed by atoms with Crippen LogP contribution in [0.15, 0.2) is 0 Å². The molecule has 0 aromatic carbocycles. The van der Waals surface area contributed by atoms with E-state index in [0.717, 1.165) is 25.8 Å². The normalized spacial score (nSPS) is 27.6. The van der Waals surface area contributed by atoms with Crippen molar-refractivity contribution >= 4 is 21.7 Å². The highest BCUT2D eigenvalue weighted by Crippen LogP contribution is 2.40. The molecule has 0 atom stereocenters. The quantitative estimate of drug-likeness (QED) is 0.655. The molecule has 0 aromatic rings. The molecule has 130 valence electrons. The molecule has 23 heavy (non-hydrogen) atoms. The molecule has 7 nitrogen and oxygen atoms in total. The monoisotopic (exact) mass is 343 g/mol. The number of carbonyl (C=O) groups excluding carboxylic acids is 2. The van der Waals surface area contributed by atoms with Crippen LogP contribution in [0.3, 0.4) is 0 Å². The second-order valence-corrected chi connectivity index (χ2v) is 9.37. The van der Waals surface area contributed by atoms with Gasteiger partial charge in [0, 0.05) is 39.8 Å².